The number of esters is 1. The molecule has 2 aromatic rings. The molecule has 1 unspecified atom stereocenters. The lowest BCUT2D eigenvalue weighted by atomic mass is 9.92. The molecule has 0 fully saturated rings. The number of rotatable bonds is 6. The van der Waals surface area contributed by atoms with Crippen LogP contribution in [0.2, 0.25) is 0 Å². The zero-order valence-electron chi connectivity index (χ0n) is 18.5. The van der Waals surface area contributed by atoms with Crippen molar-refractivity contribution >= 4 is 16.1 Å². The molecule has 1 aliphatic heterocycles. The van der Waals surface area contributed by atoms with Crippen LogP contribution in [-0.4, -0.2) is 32.7 Å². The van der Waals surface area contributed by atoms with Crippen LogP contribution in [0.1, 0.15) is 52.4 Å². The topological polar surface area (TPSA) is 99.1 Å². The minimum absolute atomic E-state index is 0.0135. The second-order valence-electron chi connectivity index (χ2n) is 8.26. The second-order valence-corrected chi connectivity index (χ2v) is 9.81. The van der Waals surface area contributed by atoms with Crippen molar-refractivity contribution in [3.63, 3.8) is 0 Å². The van der Waals surface area contributed by atoms with Crippen LogP contribution in [0.15, 0.2) is 40.3 Å². The molecule has 0 aromatic heterocycles. The van der Waals surface area contributed by atoms with E-state index in [1.807, 2.05) is 20.8 Å². The molecular formula is C24H26O7S. The number of aliphatic hydroxyl groups excluding tert-OH is 1. The first-order valence-corrected chi connectivity index (χ1v) is 11.8. The van der Waals surface area contributed by atoms with Crippen molar-refractivity contribution in [1.82, 2.24) is 0 Å². The summed E-state index contributed by atoms with van der Waals surface area (Å²) in [5.41, 5.74) is 4.57. The van der Waals surface area contributed by atoms with Crippen molar-refractivity contribution in [2.45, 2.75) is 57.6 Å². The Bertz CT molecular complexity index is 1220. The molecule has 0 amide bonds. The van der Waals surface area contributed by atoms with Crippen molar-refractivity contribution in [2.75, 3.05) is 7.11 Å². The number of hydrogen-bond donors (Lipinski definition) is 1. The smallest absolute Gasteiger partial charge is 0.342 e. The molecule has 7 nitrogen and oxygen atoms in total. The summed E-state index contributed by atoms with van der Waals surface area (Å²) in [6.07, 6.45) is 1.04. The van der Waals surface area contributed by atoms with Gasteiger partial charge in [0, 0.05) is 17.5 Å². The molecule has 32 heavy (non-hydrogen) atoms. The van der Waals surface area contributed by atoms with Crippen molar-refractivity contribution in [2.24, 2.45) is 0 Å². The molecule has 4 rings (SSSR count). The Hall–Kier alpha value is -2.84. The van der Waals surface area contributed by atoms with Crippen LogP contribution in [0.4, 0.5) is 0 Å². The van der Waals surface area contributed by atoms with E-state index < -0.39 is 22.2 Å². The molecule has 1 heterocycles. The highest BCUT2D eigenvalue weighted by Crippen LogP contribution is 2.45. The zero-order chi connectivity index (χ0) is 23.2. The number of carbonyl (C=O) groups is 1. The van der Waals surface area contributed by atoms with E-state index in [9.17, 15) is 18.3 Å². The summed E-state index contributed by atoms with van der Waals surface area (Å²) in [7, 11) is -2.72. The molecule has 1 aliphatic carbocycles. The van der Waals surface area contributed by atoms with E-state index >= 15 is 0 Å². The zero-order valence-corrected chi connectivity index (χ0v) is 19.3. The summed E-state index contributed by atoms with van der Waals surface area (Å²) in [5.74, 6) is -0.233. The molecule has 170 valence electrons. The van der Waals surface area contributed by atoms with E-state index in [-0.39, 0.29) is 22.8 Å². The molecule has 0 radical (unpaired) electrons. The Morgan fingerprint density at radius 1 is 1.12 bits per heavy atom. The fourth-order valence-electron chi connectivity index (χ4n) is 4.34. The Kier molecular flexibility index (Phi) is 5.77. The average Bonchev–Trinajstić information content (AvgIpc) is 3.29. The van der Waals surface area contributed by atoms with Crippen LogP contribution >= 0.6 is 0 Å². The van der Waals surface area contributed by atoms with E-state index in [1.54, 1.807) is 12.1 Å². The minimum atomic E-state index is -4.22. The van der Waals surface area contributed by atoms with Gasteiger partial charge in [-0.1, -0.05) is 23.3 Å². The van der Waals surface area contributed by atoms with Crippen LogP contribution in [0, 0.1) is 13.8 Å². The normalized spacial score (nSPS) is 18.0. The van der Waals surface area contributed by atoms with Gasteiger partial charge in [0.2, 0.25) is 0 Å². The molecule has 1 atom stereocenters. The Balaban J connectivity index is 1.91. The molecular weight excluding hydrogens is 432 g/mol. The molecule has 1 N–H and O–H groups in total. The van der Waals surface area contributed by atoms with Gasteiger partial charge in [-0.25, -0.2) is 4.79 Å². The minimum Gasteiger partial charge on any atom is -0.496 e. The van der Waals surface area contributed by atoms with Crippen LogP contribution in [0.25, 0.3) is 0 Å². The Labute approximate surface area is 187 Å². The number of cyclic esters (lactones) is 1. The Morgan fingerprint density at radius 2 is 1.81 bits per heavy atom. The maximum Gasteiger partial charge on any atom is 0.342 e. The molecule has 0 spiro atoms. The third-order valence-corrected chi connectivity index (χ3v) is 7.53. The van der Waals surface area contributed by atoms with E-state index in [1.165, 1.54) is 19.2 Å². The summed E-state index contributed by atoms with van der Waals surface area (Å²) in [4.78, 5) is 12.6. The SMILES string of the molecule is COc1c(C)c2c(c(OS(=O)(=O)c3ccc(C)cc3)c1CC1=C(C)C(O)CC1)C(=O)OC2. The lowest BCUT2D eigenvalue weighted by Gasteiger charge is -2.20. The highest BCUT2D eigenvalue weighted by Gasteiger charge is 2.36. The van der Waals surface area contributed by atoms with Gasteiger partial charge >= 0.3 is 16.1 Å². The summed E-state index contributed by atoms with van der Waals surface area (Å²) in [5, 5.41) is 10.2. The van der Waals surface area contributed by atoms with Crippen LogP contribution in [-0.2, 0) is 27.9 Å². The number of carbonyl (C=O) groups excluding carboxylic acids is 1. The fourth-order valence-corrected chi connectivity index (χ4v) is 5.31. The molecule has 0 bridgehead atoms. The monoisotopic (exact) mass is 458 g/mol. The number of ether oxygens (including phenoxy) is 2. The number of methoxy groups -OCH3 is 1. The predicted molar refractivity (Wildman–Crippen MR) is 117 cm³/mol. The van der Waals surface area contributed by atoms with Crippen LogP contribution in [0.3, 0.4) is 0 Å². The van der Waals surface area contributed by atoms with Gasteiger partial charge in [0.25, 0.3) is 0 Å². The van der Waals surface area contributed by atoms with E-state index in [4.69, 9.17) is 13.7 Å². The van der Waals surface area contributed by atoms with Crippen molar-refractivity contribution in [3.05, 3.63) is 63.2 Å². The largest absolute Gasteiger partial charge is 0.496 e. The number of fused-ring (bicyclic) bond motifs is 1. The second kappa shape index (κ2) is 8.26. The van der Waals surface area contributed by atoms with Gasteiger partial charge < -0.3 is 18.8 Å². The summed E-state index contributed by atoms with van der Waals surface area (Å²) in [6.45, 7) is 5.55. The van der Waals surface area contributed by atoms with E-state index in [2.05, 4.69) is 0 Å². The quantitative estimate of drug-likeness (QED) is 0.400. The van der Waals surface area contributed by atoms with Gasteiger partial charge in [-0.05, 0) is 56.9 Å². The number of aryl methyl sites for hydroxylation is 1. The highest BCUT2D eigenvalue weighted by atomic mass is 32.2. The van der Waals surface area contributed by atoms with E-state index in [0.29, 0.717) is 41.7 Å². The van der Waals surface area contributed by atoms with Gasteiger partial charge in [-0.3, -0.25) is 0 Å². The van der Waals surface area contributed by atoms with Crippen LogP contribution in [0.5, 0.6) is 11.5 Å². The maximum atomic E-state index is 13.1. The maximum absolute atomic E-state index is 13.1. The fraction of sp³-hybridized carbons (Fsp3) is 0.375. The molecule has 2 aromatic carbocycles. The predicted octanol–water partition coefficient (Wildman–Crippen LogP) is 3.76. The molecule has 0 saturated heterocycles. The molecule has 8 heteroatoms. The molecule has 2 aliphatic rings. The summed E-state index contributed by atoms with van der Waals surface area (Å²) in [6, 6.07) is 6.29. The Morgan fingerprint density at radius 3 is 2.41 bits per heavy atom. The lowest BCUT2D eigenvalue weighted by molar-refractivity contribution is 0.0533. The standard InChI is InChI=1S/C24H26O7S/c1-13-5-8-17(9-6-13)32(27,28)31-23-18(11-16-7-10-20(25)14(16)2)22(29-4)15(3)19-12-30-24(26)21(19)23/h5-6,8-9,20,25H,7,10-12H2,1-4H3. The van der Waals surface area contributed by atoms with Crippen LogP contribution < -0.4 is 8.92 Å². The first-order valence-electron chi connectivity index (χ1n) is 10.4. The van der Waals surface area contributed by atoms with Gasteiger partial charge in [0.05, 0.1) is 13.2 Å². The van der Waals surface area contributed by atoms with Gasteiger partial charge in [-0.15, -0.1) is 0 Å². The first kappa shape index (κ1) is 22.4. The third kappa shape index (κ3) is 3.78. The highest BCUT2D eigenvalue weighted by molar-refractivity contribution is 7.87. The van der Waals surface area contributed by atoms with Gasteiger partial charge in [0.15, 0.2) is 5.75 Å². The number of hydrogen-bond acceptors (Lipinski definition) is 7. The van der Waals surface area contributed by atoms with Gasteiger partial charge in [-0.2, -0.15) is 8.42 Å². The van der Waals surface area contributed by atoms with Crippen molar-refractivity contribution in [1.29, 1.82) is 0 Å². The first-order chi connectivity index (χ1) is 15.1. The van der Waals surface area contributed by atoms with E-state index in [0.717, 1.165) is 16.7 Å². The van der Waals surface area contributed by atoms with Crippen molar-refractivity contribution in [3.8, 4) is 11.5 Å². The molecule has 0 saturated carbocycles. The number of allylic oxidation sites excluding steroid dienone is 1. The third-order valence-electron chi connectivity index (χ3n) is 6.30. The van der Waals surface area contributed by atoms with Gasteiger partial charge in [0.1, 0.15) is 22.8 Å². The number of aliphatic hydroxyl groups is 1. The summed E-state index contributed by atoms with van der Waals surface area (Å²) < 4.78 is 42.8. The summed E-state index contributed by atoms with van der Waals surface area (Å²) >= 11 is 0. The number of benzene rings is 2. The lowest BCUT2D eigenvalue weighted by Crippen LogP contribution is -2.15. The average molecular weight is 459 g/mol. The van der Waals surface area contributed by atoms with Crippen molar-refractivity contribution < 1.29 is 32.0 Å².